The number of nitrogens with one attached hydrogen (secondary N) is 3. The molecule has 2 unspecified atom stereocenters. The summed E-state index contributed by atoms with van der Waals surface area (Å²) in [5.74, 6) is 0.453. The van der Waals surface area contributed by atoms with Crippen LogP contribution in [0.3, 0.4) is 0 Å². The Labute approximate surface area is 229 Å². The molecule has 2 bridgehead atoms. The molecule has 2 heterocycles. The summed E-state index contributed by atoms with van der Waals surface area (Å²) < 4.78 is 18.5. The predicted molar refractivity (Wildman–Crippen MR) is 147 cm³/mol. The van der Waals surface area contributed by atoms with Gasteiger partial charge >= 0.3 is 0 Å². The molecule has 39 heavy (non-hydrogen) atoms. The molecule has 5 rings (SSSR count). The van der Waals surface area contributed by atoms with E-state index >= 15 is 0 Å². The molecule has 2 aromatic carbocycles. The third-order valence-corrected chi connectivity index (χ3v) is 7.28. The van der Waals surface area contributed by atoms with E-state index in [1.165, 1.54) is 22.6 Å². The Morgan fingerprint density at radius 2 is 1.64 bits per heavy atom. The molecule has 3 amide bonds. The van der Waals surface area contributed by atoms with Crippen molar-refractivity contribution in [2.45, 2.75) is 57.6 Å². The number of hydrogen-bond acceptors (Lipinski definition) is 5. The van der Waals surface area contributed by atoms with E-state index in [1.807, 2.05) is 6.92 Å². The van der Waals surface area contributed by atoms with Gasteiger partial charge in [-0.3, -0.25) is 14.4 Å². The van der Waals surface area contributed by atoms with Crippen molar-refractivity contribution in [1.82, 2.24) is 20.9 Å². The van der Waals surface area contributed by atoms with Crippen LogP contribution in [0, 0.1) is 18.7 Å². The van der Waals surface area contributed by atoms with Crippen molar-refractivity contribution >= 4 is 17.7 Å². The highest BCUT2D eigenvalue weighted by Crippen LogP contribution is 2.35. The first-order valence-electron chi connectivity index (χ1n) is 13.8. The smallest absolute Gasteiger partial charge is 0.240 e. The fourth-order valence-electron chi connectivity index (χ4n) is 4.88. The summed E-state index contributed by atoms with van der Waals surface area (Å²) in [6.07, 6.45) is 5.50. The van der Waals surface area contributed by atoms with Gasteiger partial charge in [-0.2, -0.15) is 0 Å². The molecule has 0 aromatic heterocycles. The molecular formula is C30H39FN4O4. The largest absolute Gasteiger partial charge is 0.489 e. The molecule has 2 aliphatic heterocycles. The molecule has 1 aliphatic carbocycles. The van der Waals surface area contributed by atoms with Crippen molar-refractivity contribution in [1.29, 1.82) is 0 Å². The lowest BCUT2D eigenvalue weighted by molar-refractivity contribution is -0.137. The lowest BCUT2D eigenvalue weighted by atomic mass is 9.97. The van der Waals surface area contributed by atoms with Crippen LogP contribution in [0.5, 0.6) is 5.75 Å². The molecule has 3 aliphatic rings. The second kappa shape index (κ2) is 13.6. The number of amides is 3. The molecule has 1 saturated carbocycles. The van der Waals surface area contributed by atoms with E-state index in [-0.39, 0.29) is 48.8 Å². The van der Waals surface area contributed by atoms with E-state index in [9.17, 15) is 18.8 Å². The Morgan fingerprint density at radius 1 is 0.923 bits per heavy atom. The number of fused-ring (bicyclic) bond motifs is 1. The number of hydrogen-bond donors (Lipinski definition) is 3. The first-order chi connectivity index (χ1) is 18.8. The molecule has 2 atom stereocenters. The van der Waals surface area contributed by atoms with E-state index in [0.717, 1.165) is 55.4 Å². The number of halogens is 1. The van der Waals surface area contributed by atoms with Crippen LogP contribution in [-0.4, -0.2) is 68.0 Å². The Morgan fingerprint density at radius 3 is 2.33 bits per heavy atom. The van der Waals surface area contributed by atoms with E-state index in [1.54, 1.807) is 19.2 Å². The van der Waals surface area contributed by atoms with Gasteiger partial charge < -0.3 is 25.6 Å². The van der Waals surface area contributed by atoms with E-state index < -0.39 is 0 Å². The molecule has 0 saturated heterocycles. The van der Waals surface area contributed by atoms with Crippen molar-refractivity contribution in [3.8, 4) is 5.75 Å². The predicted octanol–water partition coefficient (Wildman–Crippen LogP) is 2.52. The number of likely N-dealkylation sites (N-methyl/N-ethyl adjacent to an activating group) is 1. The van der Waals surface area contributed by atoms with Crippen molar-refractivity contribution in [2.24, 2.45) is 5.92 Å². The van der Waals surface area contributed by atoms with Crippen molar-refractivity contribution in [3.63, 3.8) is 0 Å². The maximum absolute atomic E-state index is 13.0. The summed E-state index contributed by atoms with van der Waals surface area (Å²) in [6, 6.07) is 12.4. The second-order valence-electron chi connectivity index (χ2n) is 10.6. The first-order valence-corrected chi connectivity index (χ1v) is 13.8. The third-order valence-electron chi connectivity index (χ3n) is 7.28. The number of carbonyl (C=O) groups excluding carboxylic acids is 3. The van der Waals surface area contributed by atoms with Gasteiger partial charge in [0.25, 0.3) is 0 Å². The Kier molecular flexibility index (Phi) is 9.92. The average molecular weight is 539 g/mol. The van der Waals surface area contributed by atoms with Gasteiger partial charge in [0.2, 0.25) is 17.7 Å². The van der Waals surface area contributed by atoms with E-state index in [2.05, 4.69) is 34.1 Å². The summed E-state index contributed by atoms with van der Waals surface area (Å²) in [4.78, 5) is 38.7. The van der Waals surface area contributed by atoms with Gasteiger partial charge in [0.1, 0.15) is 17.7 Å². The topological polar surface area (TPSA) is 99.8 Å². The highest BCUT2D eigenvalue weighted by atomic mass is 19.1. The number of nitrogens with zero attached hydrogens (tertiary/aromatic N) is 1. The van der Waals surface area contributed by atoms with Crippen LogP contribution in [0.2, 0.25) is 0 Å². The minimum Gasteiger partial charge on any atom is -0.489 e. The number of aryl methyl sites for hydroxylation is 3. The second-order valence-corrected chi connectivity index (χ2v) is 10.6. The lowest BCUT2D eigenvalue weighted by Gasteiger charge is -2.30. The fourth-order valence-corrected chi connectivity index (χ4v) is 4.88. The zero-order chi connectivity index (χ0) is 27.8. The number of rotatable bonds is 1. The van der Waals surface area contributed by atoms with Crippen molar-refractivity contribution < 1.29 is 23.5 Å². The zero-order valence-electron chi connectivity index (χ0n) is 22.8. The highest BCUT2D eigenvalue weighted by Gasteiger charge is 2.38. The maximum atomic E-state index is 13.0. The van der Waals surface area contributed by atoms with Crippen LogP contribution in [0.1, 0.15) is 42.4 Å². The molecular weight excluding hydrogens is 499 g/mol. The Bertz CT molecular complexity index is 1130. The van der Waals surface area contributed by atoms with Crippen LogP contribution in [0.25, 0.3) is 0 Å². The average Bonchev–Trinajstić information content (AvgIpc) is 3.77. The maximum Gasteiger partial charge on any atom is 0.240 e. The quantitative estimate of drug-likeness (QED) is 0.518. The van der Waals surface area contributed by atoms with Crippen LogP contribution < -0.4 is 20.7 Å². The fraction of sp³-hybridized carbons (Fsp3) is 0.500. The number of carbonyl (C=O) groups is 3. The molecule has 8 nitrogen and oxygen atoms in total. The van der Waals surface area contributed by atoms with Crippen LogP contribution >= 0.6 is 0 Å². The monoisotopic (exact) mass is 538 g/mol. The van der Waals surface area contributed by atoms with E-state index in [4.69, 9.17) is 4.74 Å². The zero-order valence-corrected chi connectivity index (χ0v) is 22.8. The standard InChI is InChI=1S/C23H32N4O4.C7H7F/c1-27-14-20(29)25-13-19(28)24-11-3-6-16-4-2-5-17-9-10-18(31-22(16)17)12-26-21(23(27)30)15-7-8-15;1-6-2-4-7(8)5-3-6/h2,4-5,15,18,21,26H,3,6-14H2,1H3,(H,24,28)(H,25,29);2-5H,1H3. The molecule has 0 radical (unpaired) electrons. The van der Waals surface area contributed by atoms with Crippen molar-refractivity contribution in [2.75, 3.05) is 33.2 Å². The minimum atomic E-state index is -0.335. The van der Waals surface area contributed by atoms with Gasteiger partial charge in [0.15, 0.2) is 0 Å². The minimum absolute atomic E-state index is 0.00916. The summed E-state index contributed by atoms with van der Waals surface area (Å²) in [5, 5.41) is 8.88. The van der Waals surface area contributed by atoms with E-state index in [0.29, 0.717) is 19.0 Å². The number of benzene rings is 2. The molecule has 1 fully saturated rings. The van der Waals surface area contributed by atoms with Crippen LogP contribution in [0.4, 0.5) is 4.39 Å². The van der Waals surface area contributed by atoms with Gasteiger partial charge in [-0.25, -0.2) is 4.39 Å². The normalized spacial score (nSPS) is 22.7. The molecule has 210 valence electrons. The van der Waals surface area contributed by atoms with Crippen LogP contribution in [-0.2, 0) is 27.2 Å². The molecule has 3 N–H and O–H groups in total. The number of ether oxygens (including phenoxy) is 1. The summed E-state index contributed by atoms with van der Waals surface area (Å²) in [6.45, 7) is 2.92. The van der Waals surface area contributed by atoms with Gasteiger partial charge in [-0.15, -0.1) is 0 Å². The van der Waals surface area contributed by atoms with Gasteiger partial charge in [0, 0.05) is 20.1 Å². The third kappa shape index (κ3) is 8.51. The molecule has 9 heteroatoms. The first kappa shape index (κ1) is 28.5. The summed E-state index contributed by atoms with van der Waals surface area (Å²) >= 11 is 0. The van der Waals surface area contributed by atoms with Crippen molar-refractivity contribution in [3.05, 3.63) is 65.0 Å². The van der Waals surface area contributed by atoms with Crippen LogP contribution in [0.15, 0.2) is 42.5 Å². The van der Waals surface area contributed by atoms with Gasteiger partial charge in [-0.1, -0.05) is 35.9 Å². The number of para-hydroxylation sites is 1. The highest BCUT2D eigenvalue weighted by molar-refractivity contribution is 5.89. The van der Waals surface area contributed by atoms with Gasteiger partial charge in [-0.05, 0) is 74.6 Å². The lowest BCUT2D eigenvalue weighted by Crippen LogP contribution is -2.51. The molecule has 2 aromatic rings. The molecule has 0 spiro atoms. The van der Waals surface area contributed by atoms with Gasteiger partial charge in [0.05, 0.1) is 19.1 Å². The summed E-state index contributed by atoms with van der Waals surface area (Å²) in [7, 11) is 1.64. The summed E-state index contributed by atoms with van der Waals surface area (Å²) in [5.41, 5.74) is 3.47. The Balaban J connectivity index is 0.000000379. The Hall–Kier alpha value is -3.46. The SMILES string of the molecule is CN1CC(=O)NCC(=O)NCCCc2cccc3c2OC(CC3)CNC(C2CC2)C1=O.Cc1ccc(F)cc1.